The van der Waals surface area contributed by atoms with Gasteiger partial charge in [-0.05, 0) is 51.6 Å². The molecule has 82 valence electrons. The van der Waals surface area contributed by atoms with Crippen LogP contribution in [0.2, 0.25) is 0 Å². The Kier molecular flexibility index (Phi) is 3.41. The summed E-state index contributed by atoms with van der Waals surface area (Å²) in [6.45, 7) is 0. The molecule has 0 bridgehead atoms. The summed E-state index contributed by atoms with van der Waals surface area (Å²) >= 11 is 4.79. The van der Waals surface area contributed by atoms with Crippen LogP contribution in [-0.4, -0.2) is 12.9 Å². The van der Waals surface area contributed by atoms with Crippen LogP contribution in [0.1, 0.15) is 15.2 Å². The van der Waals surface area contributed by atoms with Crippen LogP contribution in [0.5, 0.6) is 5.75 Å². The van der Waals surface area contributed by atoms with Gasteiger partial charge in [-0.2, -0.15) is 0 Å². The summed E-state index contributed by atoms with van der Waals surface area (Å²) in [4.78, 5) is 12.8. The quantitative estimate of drug-likeness (QED) is 0.807. The Morgan fingerprint density at radius 1 is 1.25 bits per heavy atom. The number of thiophene rings is 1. The molecule has 2 aromatic rings. The molecule has 0 fully saturated rings. The number of ether oxygens (including phenoxy) is 1. The van der Waals surface area contributed by atoms with E-state index in [2.05, 4.69) is 15.9 Å². The molecule has 4 heteroatoms. The van der Waals surface area contributed by atoms with Crippen molar-refractivity contribution in [3.8, 4) is 5.75 Å². The third kappa shape index (κ3) is 2.18. The summed E-state index contributed by atoms with van der Waals surface area (Å²) in [6.07, 6.45) is 0. The predicted molar refractivity (Wildman–Crippen MR) is 68.4 cm³/mol. The Labute approximate surface area is 106 Å². The van der Waals surface area contributed by atoms with E-state index < -0.39 is 0 Å². The van der Waals surface area contributed by atoms with Crippen molar-refractivity contribution in [2.24, 2.45) is 0 Å². The molecule has 1 aromatic heterocycles. The molecule has 2 rings (SSSR count). The summed E-state index contributed by atoms with van der Waals surface area (Å²) in [7, 11) is 1.60. The molecule has 0 atom stereocenters. The molecule has 0 saturated heterocycles. The van der Waals surface area contributed by atoms with E-state index in [1.807, 2.05) is 11.4 Å². The first-order chi connectivity index (χ1) is 7.72. The van der Waals surface area contributed by atoms with Crippen LogP contribution < -0.4 is 4.74 Å². The molecule has 0 N–H and O–H groups in total. The molecule has 0 radical (unpaired) electrons. The van der Waals surface area contributed by atoms with Crippen LogP contribution >= 0.6 is 27.3 Å². The zero-order chi connectivity index (χ0) is 11.5. The van der Waals surface area contributed by atoms with E-state index in [1.165, 1.54) is 11.3 Å². The number of halogens is 1. The summed E-state index contributed by atoms with van der Waals surface area (Å²) < 4.78 is 5.89. The van der Waals surface area contributed by atoms with Crippen LogP contribution in [-0.2, 0) is 0 Å². The van der Waals surface area contributed by atoms with E-state index in [0.29, 0.717) is 5.56 Å². The first-order valence-electron chi connectivity index (χ1n) is 4.64. The highest BCUT2D eigenvalue weighted by atomic mass is 79.9. The Hall–Kier alpha value is -1.13. The van der Waals surface area contributed by atoms with Gasteiger partial charge in [0.2, 0.25) is 5.78 Å². The minimum Gasteiger partial charge on any atom is -0.497 e. The maximum atomic E-state index is 12.1. The Balaban J connectivity index is 2.31. The van der Waals surface area contributed by atoms with Gasteiger partial charge in [0.25, 0.3) is 0 Å². The molecule has 16 heavy (non-hydrogen) atoms. The molecular weight excluding hydrogens is 288 g/mol. The lowest BCUT2D eigenvalue weighted by molar-refractivity contribution is 0.104. The van der Waals surface area contributed by atoms with Gasteiger partial charge >= 0.3 is 0 Å². The van der Waals surface area contributed by atoms with E-state index in [-0.39, 0.29) is 5.78 Å². The molecule has 0 saturated carbocycles. The van der Waals surface area contributed by atoms with Gasteiger partial charge in [0.05, 0.1) is 12.0 Å². The van der Waals surface area contributed by atoms with E-state index in [9.17, 15) is 4.79 Å². The van der Waals surface area contributed by atoms with Gasteiger partial charge in [-0.25, -0.2) is 0 Å². The van der Waals surface area contributed by atoms with Gasteiger partial charge in [-0.3, -0.25) is 4.79 Å². The number of ketones is 1. The average Bonchev–Trinajstić information content (AvgIpc) is 2.75. The van der Waals surface area contributed by atoms with E-state index >= 15 is 0 Å². The van der Waals surface area contributed by atoms with Crippen molar-refractivity contribution in [2.75, 3.05) is 7.11 Å². The van der Waals surface area contributed by atoms with Crippen molar-refractivity contribution in [1.82, 2.24) is 0 Å². The Morgan fingerprint density at radius 3 is 2.44 bits per heavy atom. The van der Waals surface area contributed by atoms with Crippen molar-refractivity contribution >= 4 is 33.0 Å². The number of hydrogen-bond acceptors (Lipinski definition) is 3. The molecular formula is C12H9BrO2S. The highest BCUT2D eigenvalue weighted by Crippen LogP contribution is 2.26. The predicted octanol–water partition coefficient (Wildman–Crippen LogP) is 3.75. The summed E-state index contributed by atoms with van der Waals surface area (Å²) in [5.74, 6) is 0.784. The number of hydrogen-bond donors (Lipinski definition) is 0. The van der Waals surface area contributed by atoms with Crippen LogP contribution in [0.25, 0.3) is 0 Å². The fraction of sp³-hybridized carbons (Fsp3) is 0.0833. The molecule has 0 unspecified atom stereocenters. The van der Waals surface area contributed by atoms with Crippen LogP contribution in [0, 0.1) is 0 Å². The number of carbonyl (C=O) groups excluding carboxylic acids is 1. The fourth-order valence-electron chi connectivity index (χ4n) is 1.33. The topological polar surface area (TPSA) is 26.3 Å². The molecule has 2 nitrogen and oxygen atoms in total. The Morgan fingerprint density at radius 2 is 1.94 bits per heavy atom. The molecule has 1 aromatic carbocycles. The first-order valence-corrected chi connectivity index (χ1v) is 6.31. The van der Waals surface area contributed by atoms with Gasteiger partial charge in [0, 0.05) is 10.0 Å². The third-order valence-corrected chi connectivity index (χ3v) is 4.01. The second kappa shape index (κ2) is 4.80. The lowest BCUT2D eigenvalue weighted by Crippen LogP contribution is -1.99. The van der Waals surface area contributed by atoms with Gasteiger partial charge in [0.15, 0.2) is 0 Å². The summed E-state index contributed by atoms with van der Waals surface area (Å²) in [6, 6.07) is 8.99. The smallest absolute Gasteiger partial charge is 0.204 e. The van der Waals surface area contributed by atoms with Crippen molar-refractivity contribution in [3.63, 3.8) is 0 Å². The molecule has 1 heterocycles. The SMILES string of the molecule is COc1ccc(C(=O)c2sccc2Br)cc1. The largest absolute Gasteiger partial charge is 0.497 e. The van der Waals surface area contributed by atoms with E-state index in [4.69, 9.17) is 4.74 Å². The number of carbonyl (C=O) groups is 1. The normalized spacial score (nSPS) is 10.1. The van der Waals surface area contributed by atoms with Crippen molar-refractivity contribution < 1.29 is 9.53 Å². The van der Waals surface area contributed by atoms with Gasteiger partial charge in [-0.15, -0.1) is 11.3 Å². The van der Waals surface area contributed by atoms with Crippen molar-refractivity contribution in [3.05, 3.63) is 50.6 Å². The molecule has 0 aliphatic carbocycles. The first kappa shape index (κ1) is 11.4. The van der Waals surface area contributed by atoms with E-state index in [1.54, 1.807) is 31.4 Å². The van der Waals surface area contributed by atoms with Crippen molar-refractivity contribution in [1.29, 1.82) is 0 Å². The zero-order valence-corrected chi connectivity index (χ0v) is 11.0. The monoisotopic (exact) mass is 296 g/mol. The number of benzene rings is 1. The maximum absolute atomic E-state index is 12.1. The number of rotatable bonds is 3. The molecule has 0 aliphatic rings. The van der Waals surface area contributed by atoms with Gasteiger partial charge in [-0.1, -0.05) is 0 Å². The zero-order valence-electron chi connectivity index (χ0n) is 8.57. The lowest BCUT2D eigenvalue weighted by atomic mass is 10.1. The molecule has 0 spiro atoms. The second-order valence-electron chi connectivity index (χ2n) is 3.16. The molecule has 0 aliphatic heterocycles. The number of methoxy groups -OCH3 is 1. The average molecular weight is 297 g/mol. The van der Waals surface area contributed by atoms with Crippen LogP contribution in [0.15, 0.2) is 40.2 Å². The standard InChI is InChI=1S/C12H9BrO2S/c1-15-9-4-2-8(3-5-9)11(14)12-10(13)6-7-16-12/h2-7H,1H3. The lowest BCUT2D eigenvalue weighted by Gasteiger charge is -2.01. The van der Waals surface area contributed by atoms with Gasteiger partial charge < -0.3 is 4.74 Å². The second-order valence-corrected chi connectivity index (χ2v) is 4.93. The minimum atomic E-state index is 0.0320. The minimum absolute atomic E-state index is 0.0320. The maximum Gasteiger partial charge on any atom is 0.204 e. The fourth-order valence-corrected chi connectivity index (χ4v) is 2.84. The summed E-state index contributed by atoms with van der Waals surface area (Å²) in [5.41, 5.74) is 0.670. The third-order valence-electron chi connectivity index (χ3n) is 2.18. The Bertz CT molecular complexity index is 502. The van der Waals surface area contributed by atoms with Crippen LogP contribution in [0.4, 0.5) is 0 Å². The van der Waals surface area contributed by atoms with Crippen LogP contribution in [0.3, 0.4) is 0 Å². The summed E-state index contributed by atoms with van der Waals surface area (Å²) in [5, 5.41) is 1.89. The highest BCUT2D eigenvalue weighted by Gasteiger charge is 2.13. The van der Waals surface area contributed by atoms with Crippen molar-refractivity contribution in [2.45, 2.75) is 0 Å². The van der Waals surface area contributed by atoms with E-state index in [0.717, 1.165) is 15.1 Å². The molecule has 0 amide bonds. The highest BCUT2D eigenvalue weighted by molar-refractivity contribution is 9.10. The van der Waals surface area contributed by atoms with Gasteiger partial charge in [0.1, 0.15) is 5.75 Å².